The van der Waals surface area contributed by atoms with Crippen molar-refractivity contribution in [2.75, 3.05) is 5.75 Å². The topological polar surface area (TPSA) is 68.0 Å². The number of nitrogens with zero attached hydrogens (tertiary/aromatic N) is 3. The van der Waals surface area contributed by atoms with Crippen molar-refractivity contribution in [2.24, 2.45) is 0 Å². The SMILES string of the molecule is CCn1c(SCC(=O)O)nnc1-c1cc(C)cc(F)c1. The largest absolute Gasteiger partial charge is 0.481 e. The Hall–Kier alpha value is -1.89. The molecule has 1 heterocycles. The van der Waals surface area contributed by atoms with Crippen LogP contribution in [0.4, 0.5) is 4.39 Å². The third-order valence-corrected chi connectivity index (χ3v) is 3.61. The normalized spacial score (nSPS) is 10.8. The van der Waals surface area contributed by atoms with E-state index in [2.05, 4.69) is 10.2 Å². The summed E-state index contributed by atoms with van der Waals surface area (Å²) in [6.07, 6.45) is 0. The van der Waals surface area contributed by atoms with E-state index in [9.17, 15) is 9.18 Å². The van der Waals surface area contributed by atoms with Gasteiger partial charge in [-0.2, -0.15) is 0 Å². The van der Waals surface area contributed by atoms with Gasteiger partial charge in [-0.15, -0.1) is 10.2 Å². The minimum absolute atomic E-state index is 0.0830. The van der Waals surface area contributed by atoms with Crippen molar-refractivity contribution in [1.29, 1.82) is 0 Å². The third kappa shape index (κ3) is 3.16. The lowest BCUT2D eigenvalue weighted by Crippen LogP contribution is -2.03. The number of aryl methyl sites for hydroxylation is 1. The van der Waals surface area contributed by atoms with Gasteiger partial charge in [-0.3, -0.25) is 4.79 Å². The summed E-state index contributed by atoms with van der Waals surface area (Å²) in [7, 11) is 0. The van der Waals surface area contributed by atoms with Crippen molar-refractivity contribution >= 4 is 17.7 Å². The Labute approximate surface area is 119 Å². The van der Waals surface area contributed by atoms with Crippen molar-refractivity contribution in [1.82, 2.24) is 14.8 Å². The van der Waals surface area contributed by atoms with Gasteiger partial charge < -0.3 is 9.67 Å². The fraction of sp³-hybridized carbons (Fsp3) is 0.308. The lowest BCUT2D eigenvalue weighted by molar-refractivity contribution is -0.133. The van der Waals surface area contributed by atoms with Gasteiger partial charge in [-0.1, -0.05) is 11.8 Å². The highest BCUT2D eigenvalue weighted by Gasteiger charge is 2.15. The maximum absolute atomic E-state index is 13.5. The molecule has 0 atom stereocenters. The van der Waals surface area contributed by atoms with Crippen LogP contribution in [0, 0.1) is 12.7 Å². The number of thioether (sulfide) groups is 1. The Morgan fingerprint density at radius 1 is 1.40 bits per heavy atom. The summed E-state index contributed by atoms with van der Waals surface area (Å²) in [4.78, 5) is 10.6. The molecule has 0 radical (unpaired) electrons. The molecule has 0 aliphatic heterocycles. The quantitative estimate of drug-likeness (QED) is 0.859. The van der Waals surface area contributed by atoms with Crippen molar-refractivity contribution in [3.05, 3.63) is 29.6 Å². The first-order chi connectivity index (χ1) is 9.51. The van der Waals surface area contributed by atoms with E-state index in [-0.39, 0.29) is 11.6 Å². The molecule has 0 saturated heterocycles. The molecule has 2 rings (SSSR count). The van der Waals surface area contributed by atoms with Crippen molar-refractivity contribution in [3.63, 3.8) is 0 Å². The van der Waals surface area contributed by atoms with Crippen LogP contribution in [0.25, 0.3) is 11.4 Å². The minimum Gasteiger partial charge on any atom is -0.481 e. The molecule has 5 nitrogen and oxygen atoms in total. The molecule has 20 heavy (non-hydrogen) atoms. The van der Waals surface area contributed by atoms with Crippen LogP contribution in [0.2, 0.25) is 0 Å². The van der Waals surface area contributed by atoms with Gasteiger partial charge in [0.05, 0.1) is 5.75 Å². The first kappa shape index (κ1) is 14.5. The molecule has 0 aliphatic carbocycles. The lowest BCUT2D eigenvalue weighted by Gasteiger charge is -2.07. The third-order valence-electron chi connectivity index (χ3n) is 2.66. The van der Waals surface area contributed by atoms with Crippen LogP contribution in [0.3, 0.4) is 0 Å². The smallest absolute Gasteiger partial charge is 0.313 e. The molecule has 0 bridgehead atoms. The fourth-order valence-electron chi connectivity index (χ4n) is 1.89. The van der Waals surface area contributed by atoms with Gasteiger partial charge in [0.15, 0.2) is 11.0 Å². The van der Waals surface area contributed by atoms with E-state index < -0.39 is 5.97 Å². The van der Waals surface area contributed by atoms with Gasteiger partial charge >= 0.3 is 5.97 Å². The van der Waals surface area contributed by atoms with Crippen LogP contribution in [0.15, 0.2) is 23.4 Å². The van der Waals surface area contributed by atoms with Crippen LogP contribution in [0.1, 0.15) is 12.5 Å². The number of carboxylic acids is 1. The summed E-state index contributed by atoms with van der Waals surface area (Å²) >= 11 is 1.10. The maximum atomic E-state index is 13.5. The van der Waals surface area contributed by atoms with Crippen molar-refractivity contribution in [2.45, 2.75) is 25.5 Å². The molecule has 0 amide bonds. The Morgan fingerprint density at radius 2 is 2.15 bits per heavy atom. The number of hydrogen-bond acceptors (Lipinski definition) is 4. The van der Waals surface area contributed by atoms with E-state index in [0.717, 1.165) is 17.3 Å². The number of benzene rings is 1. The highest BCUT2D eigenvalue weighted by Crippen LogP contribution is 2.25. The van der Waals surface area contributed by atoms with Gasteiger partial charge in [-0.25, -0.2) is 4.39 Å². The molecule has 1 aromatic carbocycles. The van der Waals surface area contributed by atoms with Gasteiger partial charge in [0.1, 0.15) is 5.82 Å². The monoisotopic (exact) mass is 295 g/mol. The molecule has 0 fully saturated rings. The number of carboxylic acid groups (broad SMARTS) is 1. The summed E-state index contributed by atoms with van der Waals surface area (Å²) in [5.74, 6) is -0.780. The zero-order chi connectivity index (χ0) is 14.7. The molecule has 0 spiro atoms. The average molecular weight is 295 g/mol. The number of carbonyl (C=O) groups is 1. The minimum atomic E-state index is -0.913. The zero-order valence-electron chi connectivity index (χ0n) is 11.1. The van der Waals surface area contributed by atoms with Crippen molar-refractivity contribution < 1.29 is 14.3 Å². The Balaban J connectivity index is 2.39. The van der Waals surface area contributed by atoms with Crippen LogP contribution in [-0.2, 0) is 11.3 Å². The summed E-state index contributed by atoms with van der Waals surface area (Å²) in [6, 6.07) is 4.66. The standard InChI is InChI=1S/C13H14FN3O2S/c1-3-17-12(9-4-8(2)5-10(14)6-9)15-16-13(17)20-7-11(18)19/h4-6H,3,7H2,1-2H3,(H,18,19). The van der Waals surface area contributed by atoms with E-state index in [1.165, 1.54) is 12.1 Å². The molecule has 0 unspecified atom stereocenters. The van der Waals surface area contributed by atoms with E-state index in [4.69, 9.17) is 5.11 Å². The molecular formula is C13H14FN3O2S. The molecule has 0 aliphatic rings. The predicted octanol–water partition coefficient (Wildman–Crippen LogP) is 2.59. The first-order valence-electron chi connectivity index (χ1n) is 6.06. The molecule has 106 valence electrons. The number of halogens is 1. The molecule has 7 heteroatoms. The zero-order valence-corrected chi connectivity index (χ0v) is 11.9. The fourth-order valence-corrected chi connectivity index (χ4v) is 2.61. The summed E-state index contributed by atoms with van der Waals surface area (Å²) < 4.78 is 15.2. The van der Waals surface area contributed by atoms with E-state index in [1.807, 2.05) is 13.0 Å². The molecule has 1 aromatic heterocycles. The second kappa shape index (κ2) is 6.04. The molecular weight excluding hydrogens is 281 g/mol. The Kier molecular flexibility index (Phi) is 4.39. The van der Waals surface area contributed by atoms with E-state index >= 15 is 0 Å². The molecule has 2 aromatic rings. The van der Waals surface area contributed by atoms with Gasteiger partial charge in [0.25, 0.3) is 0 Å². The Morgan fingerprint density at radius 3 is 2.75 bits per heavy atom. The number of hydrogen-bond donors (Lipinski definition) is 1. The summed E-state index contributed by atoms with van der Waals surface area (Å²) in [6.45, 7) is 4.29. The second-order valence-electron chi connectivity index (χ2n) is 4.25. The molecule has 0 saturated carbocycles. The number of aromatic nitrogens is 3. The van der Waals surface area contributed by atoms with Gasteiger partial charge in [-0.05, 0) is 37.6 Å². The van der Waals surface area contributed by atoms with Crippen LogP contribution in [-0.4, -0.2) is 31.6 Å². The van der Waals surface area contributed by atoms with E-state index in [0.29, 0.717) is 23.1 Å². The predicted molar refractivity (Wildman–Crippen MR) is 74.2 cm³/mol. The van der Waals surface area contributed by atoms with E-state index in [1.54, 1.807) is 11.5 Å². The van der Waals surface area contributed by atoms with Crippen LogP contribution < -0.4 is 0 Å². The highest BCUT2D eigenvalue weighted by molar-refractivity contribution is 7.99. The second-order valence-corrected chi connectivity index (χ2v) is 5.19. The number of aliphatic carboxylic acids is 1. The highest BCUT2D eigenvalue weighted by atomic mass is 32.2. The summed E-state index contributed by atoms with van der Waals surface area (Å²) in [5, 5.41) is 17.3. The van der Waals surface area contributed by atoms with Gasteiger partial charge in [0, 0.05) is 12.1 Å². The summed E-state index contributed by atoms with van der Waals surface area (Å²) in [5.41, 5.74) is 1.43. The Bertz CT molecular complexity index is 622. The first-order valence-corrected chi connectivity index (χ1v) is 7.05. The maximum Gasteiger partial charge on any atom is 0.313 e. The lowest BCUT2D eigenvalue weighted by atomic mass is 10.1. The van der Waals surface area contributed by atoms with Crippen LogP contribution in [0.5, 0.6) is 0 Å². The number of rotatable bonds is 5. The van der Waals surface area contributed by atoms with Crippen LogP contribution >= 0.6 is 11.8 Å². The van der Waals surface area contributed by atoms with Gasteiger partial charge in [0.2, 0.25) is 0 Å². The van der Waals surface area contributed by atoms with Crippen molar-refractivity contribution in [3.8, 4) is 11.4 Å². The molecule has 1 N–H and O–H groups in total. The average Bonchev–Trinajstić information content (AvgIpc) is 2.77.